The number of ether oxygens (including phenoxy) is 1. The van der Waals surface area contributed by atoms with Crippen LogP contribution >= 0.6 is 0 Å². The molecule has 0 aromatic heterocycles. The number of rotatable bonds is 6. The van der Waals surface area contributed by atoms with E-state index in [1.165, 1.54) is 24.3 Å². The maximum absolute atomic E-state index is 11.6. The standard InChI is InChI=1S/C12H15N3O5/c1-2-20-8-7-11(16)13-14-12(17)9-3-5-10(6-4-9)15(18)19/h3-6H,2,7-8H2,1H3,(H,13,16)(H,14,17). The molecule has 2 N–H and O–H groups in total. The van der Waals surface area contributed by atoms with Crippen molar-refractivity contribution in [3.05, 3.63) is 39.9 Å². The molecule has 108 valence electrons. The summed E-state index contributed by atoms with van der Waals surface area (Å²) in [6, 6.07) is 5.04. The SMILES string of the molecule is CCOCCC(=O)NNC(=O)c1ccc([N+](=O)[O-])cc1. The quantitative estimate of drug-likeness (QED) is 0.455. The summed E-state index contributed by atoms with van der Waals surface area (Å²) < 4.78 is 4.99. The first-order valence-corrected chi connectivity index (χ1v) is 5.96. The van der Waals surface area contributed by atoms with Gasteiger partial charge in [-0.3, -0.25) is 30.6 Å². The highest BCUT2D eigenvalue weighted by Gasteiger charge is 2.10. The molecule has 0 aliphatic heterocycles. The molecule has 1 aromatic carbocycles. The van der Waals surface area contributed by atoms with Crippen molar-refractivity contribution in [3.8, 4) is 0 Å². The Morgan fingerprint density at radius 2 is 1.90 bits per heavy atom. The lowest BCUT2D eigenvalue weighted by molar-refractivity contribution is -0.384. The lowest BCUT2D eigenvalue weighted by Crippen LogP contribution is -2.41. The number of hydrogen-bond acceptors (Lipinski definition) is 5. The van der Waals surface area contributed by atoms with Gasteiger partial charge in [0.05, 0.1) is 18.0 Å². The zero-order valence-corrected chi connectivity index (χ0v) is 10.9. The molecule has 0 aliphatic rings. The third-order valence-electron chi connectivity index (χ3n) is 2.33. The number of amides is 2. The number of nitro benzene ring substituents is 1. The van der Waals surface area contributed by atoms with E-state index in [2.05, 4.69) is 10.9 Å². The van der Waals surface area contributed by atoms with Crippen LogP contribution < -0.4 is 10.9 Å². The molecule has 0 spiro atoms. The highest BCUT2D eigenvalue weighted by molar-refractivity contribution is 5.95. The van der Waals surface area contributed by atoms with Crippen molar-refractivity contribution in [3.63, 3.8) is 0 Å². The average molecular weight is 281 g/mol. The number of nitrogens with one attached hydrogen (secondary N) is 2. The topological polar surface area (TPSA) is 111 Å². The fourth-order valence-electron chi connectivity index (χ4n) is 1.30. The van der Waals surface area contributed by atoms with Crippen molar-refractivity contribution in [2.75, 3.05) is 13.2 Å². The Hall–Kier alpha value is -2.48. The summed E-state index contributed by atoms with van der Waals surface area (Å²) in [5.74, 6) is -0.932. The van der Waals surface area contributed by atoms with Crippen molar-refractivity contribution in [2.45, 2.75) is 13.3 Å². The smallest absolute Gasteiger partial charge is 0.269 e. The third-order valence-corrected chi connectivity index (χ3v) is 2.33. The maximum Gasteiger partial charge on any atom is 0.269 e. The lowest BCUT2D eigenvalue weighted by Gasteiger charge is -2.07. The van der Waals surface area contributed by atoms with Gasteiger partial charge in [0.15, 0.2) is 0 Å². The first-order valence-electron chi connectivity index (χ1n) is 5.96. The molecule has 2 amide bonds. The summed E-state index contributed by atoms with van der Waals surface area (Å²) in [4.78, 5) is 32.8. The Bertz CT molecular complexity index is 486. The molecule has 1 rings (SSSR count). The van der Waals surface area contributed by atoms with Gasteiger partial charge in [-0.15, -0.1) is 0 Å². The van der Waals surface area contributed by atoms with Crippen LogP contribution in [0.25, 0.3) is 0 Å². The van der Waals surface area contributed by atoms with E-state index >= 15 is 0 Å². The number of hydrazine groups is 1. The van der Waals surface area contributed by atoms with Gasteiger partial charge in [-0.25, -0.2) is 0 Å². The molecule has 0 heterocycles. The van der Waals surface area contributed by atoms with Gasteiger partial charge in [-0.05, 0) is 19.1 Å². The van der Waals surface area contributed by atoms with Crippen molar-refractivity contribution in [1.29, 1.82) is 0 Å². The molecule has 8 nitrogen and oxygen atoms in total. The van der Waals surface area contributed by atoms with Crippen LogP contribution in [0.5, 0.6) is 0 Å². The summed E-state index contributed by atoms with van der Waals surface area (Å²) in [5.41, 5.74) is 4.54. The van der Waals surface area contributed by atoms with Crippen LogP contribution in [-0.4, -0.2) is 30.0 Å². The minimum Gasteiger partial charge on any atom is -0.381 e. The van der Waals surface area contributed by atoms with Crippen LogP contribution in [0.15, 0.2) is 24.3 Å². The molecule has 0 atom stereocenters. The summed E-state index contributed by atoms with van der Waals surface area (Å²) >= 11 is 0. The van der Waals surface area contributed by atoms with Crippen molar-refractivity contribution in [2.24, 2.45) is 0 Å². The van der Waals surface area contributed by atoms with E-state index in [4.69, 9.17) is 4.74 Å². The van der Waals surface area contributed by atoms with Gasteiger partial charge >= 0.3 is 0 Å². The molecular formula is C12H15N3O5. The molecule has 20 heavy (non-hydrogen) atoms. The molecule has 0 saturated carbocycles. The van der Waals surface area contributed by atoms with E-state index in [0.717, 1.165) is 0 Å². The monoisotopic (exact) mass is 281 g/mol. The van der Waals surface area contributed by atoms with Gasteiger partial charge < -0.3 is 4.74 Å². The number of non-ortho nitro benzene ring substituents is 1. The lowest BCUT2D eigenvalue weighted by atomic mass is 10.2. The molecule has 0 aliphatic carbocycles. The van der Waals surface area contributed by atoms with Crippen LogP contribution in [0, 0.1) is 10.1 Å². The Balaban J connectivity index is 2.42. The first kappa shape index (κ1) is 15.6. The number of carbonyl (C=O) groups is 2. The number of hydrogen-bond donors (Lipinski definition) is 2. The second-order valence-corrected chi connectivity index (χ2v) is 3.75. The van der Waals surface area contributed by atoms with E-state index in [1.807, 2.05) is 6.92 Å². The molecule has 1 aromatic rings. The predicted molar refractivity (Wildman–Crippen MR) is 69.8 cm³/mol. The fraction of sp³-hybridized carbons (Fsp3) is 0.333. The number of nitrogens with zero attached hydrogens (tertiary/aromatic N) is 1. The number of benzene rings is 1. The largest absolute Gasteiger partial charge is 0.381 e. The third kappa shape index (κ3) is 5.02. The van der Waals surface area contributed by atoms with Crippen molar-refractivity contribution < 1.29 is 19.2 Å². The molecule has 0 saturated heterocycles. The number of carbonyl (C=O) groups excluding carboxylic acids is 2. The van der Waals surface area contributed by atoms with Gasteiger partial charge in [0, 0.05) is 24.3 Å². The molecule has 8 heteroatoms. The second-order valence-electron chi connectivity index (χ2n) is 3.75. The summed E-state index contributed by atoms with van der Waals surface area (Å²) in [6.45, 7) is 2.60. The van der Waals surface area contributed by atoms with E-state index < -0.39 is 10.8 Å². The van der Waals surface area contributed by atoms with Gasteiger partial charge in [0.2, 0.25) is 5.91 Å². The highest BCUT2D eigenvalue weighted by atomic mass is 16.6. The Morgan fingerprint density at radius 1 is 1.25 bits per heavy atom. The molecule has 0 bridgehead atoms. The number of nitro groups is 1. The molecule has 0 radical (unpaired) electrons. The van der Waals surface area contributed by atoms with Crippen molar-refractivity contribution >= 4 is 17.5 Å². The second kappa shape index (κ2) is 7.85. The van der Waals surface area contributed by atoms with Crippen LogP contribution in [0.2, 0.25) is 0 Å². The van der Waals surface area contributed by atoms with E-state index in [9.17, 15) is 19.7 Å². The Kier molecular flexibility index (Phi) is 6.11. The Labute approximate surface area is 115 Å². The molecular weight excluding hydrogens is 266 g/mol. The zero-order valence-electron chi connectivity index (χ0n) is 10.9. The van der Waals surface area contributed by atoms with Gasteiger partial charge in [0.1, 0.15) is 0 Å². The van der Waals surface area contributed by atoms with Crippen LogP contribution in [0.1, 0.15) is 23.7 Å². The van der Waals surface area contributed by atoms with Crippen molar-refractivity contribution in [1.82, 2.24) is 10.9 Å². The minimum absolute atomic E-state index is 0.109. The first-order chi connectivity index (χ1) is 9.54. The maximum atomic E-state index is 11.6. The van der Waals surface area contributed by atoms with Crippen LogP contribution in [0.3, 0.4) is 0 Å². The molecule has 0 unspecified atom stereocenters. The van der Waals surface area contributed by atoms with Crippen LogP contribution in [0.4, 0.5) is 5.69 Å². The van der Waals surface area contributed by atoms with Gasteiger partial charge in [-0.1, -0.05) is 0 Å². The molecule has 0 fully saturated rings. The normalized spacial score (nSPS) is 9.85. The van der Waals surface area contributed by atoms with Gasteiger partial charge in [-0.2, -0.15) is 0 Å². The fourth-order valence-corrected chi connectivity index (χ4v) is 1.30. The van der Waals surface area contributed by atoms with Crippen LogP contribution in [-0.2, 0) is 9.53 Å². The predicted octanol–water partition coefficient (Wildman–Crippen LogP) is 0.782. The summed E-state index contributed by atoms with van der Waals surface area (Å²) in [6.07, 6.45) is 0.133. The Morgan fingerprint density at radius 3 is 2.45 bits per heavy atom. The summed E-state index contributed by atoms with van der Waals surface area (Å²) in [5, 5.41) is 10.5. The average Bonchev–Trinajstić information content (AvgIpc) is 2.45. The van der Waals surface area contributed by atoms with E-state index in [1.54, 1.807) is 0 Å². The summed E-state index contributed by atoms with van der Waals surface area (Å²) in [7, 11) is 0. The zero-order chi connectivity index (χ0) is 15.0. The van der Waals surface area contributed by atoms with Gasteiger partial charge in [0.25, 0.3) is 11.6 Å². The van der Waals surface area contributed by atoms with E-state index in [-0.39, 0.29) is 30.2 Å². The van der Waals surface area contributed by atoms with E-state index in [0.29, 0.717) is 6.61 Å². The highest BCUT2D eigenvalue weighted by Crippen LogP contribution is 2.11. The minimum atomic E-state index is -0.558.